The minimum atomic E-state index is -3.64. The normalized spacial score (nSPS) is 22.4. The Morgan fingerprint density at radius 3 is 2.43 bits per heavy atom. The average Bonchev–Trinajstić information content (AvgIpc) is 2.95. The monoisotopic (exact) mass is 408 g/mol. The Bertz CT molecular complexity index is 1010. The van der Waals surface area contributed by atoms with Crippen molar-refractivity contribution in [2.24, 2.45) is 0 Å². The standard InChI is InChI=1S/C18H25FN6O2S/c1-5-15-16(19)18(21-10-20-15)23-8-13-7-14(9-23)25(13)28(26,27)17-11(3)22-24(6-2)12(17)4/h10,13-14H,5-9H2,1-4H3. The minimum absolute atomic E-state index is 0.188. The third kappa shape index (κ3) is 2.73. The van der Waals surface area contributed by atoms with Gasteiger partial charge in [-0.05, 0) is 33.6 Å². The second-order valence-corrected chi connectivity index (χ2v) is 9.19. The summed E-state index contributed by atoms with van der Waals surface area (Å²) in [5.41, 5.74) is 1.57. The molecule has 0 spiro atoms. The van der Waals surface area contributed by atoms with E-state index in [1.165, 1.54) is 6.33 Å². The van der Waals surface area contributed by atoms with E-state index < -0.39 is 15.8 Å². The highest BCUT2D eigenvalue weighted by Gasteiger charge is 2.52. The molecular formula is C18H25FN6O2S. The third-order valence-electron chi connectivity index (χ3n) is 5.75. The van der Waals surface area contributed by atoms with Crippen LogP contribution in [0.1, 0.15) is 37.4 Å². The van der Waals surface area contributed by atoms with Crippen molar-refractivity contribution in [3.63, 3.8) is 0 Å². The Balaban J connectivity index is 1.61. The number of sulfonamides is 1. The summed E-state index contributed by atoms with van der Waals surface area (Å²) < 4.78 is 44.7. The van der Waals surface area contributed by atoms with Gasteiger partial charge in [0, 0.05) is 31.7 Å². The van der Waals surface area contributed by atoms with Gasteiger partial charge >= 0.3 is 0 Å². The van der Waals surface area contributed by atoms with Gasteiger partial charge in [-0.3, -0.25) is 4.68 Å². The summed E-state index contributed by atoms with van der Waals surface area (Å²) in [6.45, 7) is 8.78. The maximum absolute atomic E-state index is 14.6. The minimum Gasteiger partial charge on any atom is -0.351 e. The van der Waals surface area contributed by atoms with Crippen LogP contribution in [0.2, 0.25) is 0 Å². The highest BCUT2D eigenvalue weighted by molar-refractivity contribution is 7.89. The van der Waals surface area contributed by atoms with E-state index >= 15 is 0 Å². The Labute approximate surface area is 164 Å². The highest BCUT2D eigenvalue weighted by Crippen LogP contribution is 2.40. The molecule has 2 atom stereocenters. The zero-order chi connectivity index (χ0) is 20.2. The predicted molar refractivity (Wildman–Crippen MR) is 102 cm³/mol. The van der Waals surface area contributed by atoms with Crippen LogP contribution in [0.3, 0.4) is 0 Å². The number of aryl methyl sites for hydroxylation is 3. The number of piperidine rings is 1. The molecule has 5 rings (SSSR count). The van der Waals surface area contributed by atoms with Gasteiger partial charge in [0.05, 0.1) is 17.1 Å². The topological polar surface area (TPSA) is 84.2 Å². The molecule has 3 fully saturated rings. The molecule has 0 aliphatic carbocycles. The van der Waals surface area contributed by atoms with Crippen molar-refractivity contribution in [3.05, 3.63) is 29.2 Å². The van der Waals surface area contributed by atoms with Gasteiger partial charge < -0.3 is 4.90 Å². The fraction of sp³-hybridized carbons (Fsp3) is 0.611. The summed E-state index contributed by atoms with van der Waals surface area (Å²) in [6.07, 6.45) is 2.64. The molecule has 152 valence electrons. The number of anilines is 1. The maximum Gasteiger partial charge on any atom is 0.247 e. The third-order valence-corrected chi connectivity index (χ3v) is 8.01. The lowest BCUT2D eigenvalue weighted by Gasteiger charge is -2.55. The van der Waals surface area contributed by atoms with E-state index in [4.69, 9.17) is 0 Å². The van der Waals surface area contributed by atoms with Crippen LogP contribution in [-0.2, 0) is 23.0 Å². The molecule has 0 N–H and O–H groups in total. The van der Waals surface area contributed by atoms with E-state index in [0.29, 0.717) is 48.0 Å². The molecule has 2 bridgehead atoms. The van der Waals surface area contributed by atoms with Crippen molar-refractivity contribution in [1.29, 1.82) is 0 Å². The van der Waals surface area contributed by atoms with Gasteiger partial charge in [-0.15, -0.1) is 0 Å². The summed E-state index contributed by atoms with van der Waals surface area (Å²) in [7, 11) is -3.64. The molecule has 2 aromatic rings. The van der Waals surface area contributed by atoms with Crippen molar-refractivity contribution in [2.75, 3.05) is 18.0 Å². The van der Waals surface area contributed by atoms with Gasteiger partial charge in [0.15, 0.2) is 11.6 Å². The highest BCUT2D eigenvalue weighted by atomic mass is 32.2. The summed E-state index contributed by atoms with van der Waals surface area (Å²) in [4.78, 5) is 10.2. The number of rotatable bonds is 5. The van der Waals surface area contributed by atoms with Crippen molar-refractivity contribution >= 4 is 15.8 Å². The number of piperazine rings is 1. The van der Waals surface area contributed by atoms with E-state index in [9.17, 15) is 12.8 Å². The molecule has 0 aromatic carbocycles. The van der Waals surface area contributed by atoms with Gasteiger partial charge in [0.25, 0.3) is 0 Å². The number of aromatic nitrogens is 4. The van der Waals surface area contributed by atoms with E-state index in [2.05, 4.69) is 15.1 Å². The first-order chi connectivity index (χ1) is 13.3. The van der Waals surface area contributed by atoms with Gasteiger partial charge in [0.1, 0.15) is 11.2 Å². The summed E-state index contributed by atoms with van der Waals surface area (Å²) in [6, 6.07) is -0.376. The van der Waals surface area contributed by atoms with Crippen LogP contribution >= 0.6 is 0 Å². The smallest absolute Gasteiger partial charge is 0.247 e. The van der Waals surface area contributed by atoms with Gasteiger partial charge in [-0.2, -0.15) is 9.40 Å². The molecular weight excluding hydrogens is 383 g/mol. The van der Waals surface area contributed by atoms with Crippen LogP contribution in [0.25, 0.3) is 0 Å². The maximum atomic E-state index is 14.6. The van der Waals surface area contributed by atoms with Gasteiger partial charge in [0.2, 0.25) is 10.0 Å². The van der Waals surface area contributed by atoms with Gasteiger partial charge in [-0.1, -0.05) is 6.92 Å². The number of fused-ring (bicyclic) bond motifs is 2. The van der Waals surface area contributed by atoms with Crippen LogP contribution in [0.5, 0.6) is 0 Å². The Hall–Kier alpha value is -2.07. The quantitative estimate of drug-likeness (QED) is 0.748. The van der Waals surface area contributed by atoms with Crippen molar-refractivity contribution < 1.29 is 12.8 Å². The second-order valence-electron chi connectivity index (χ2n) is 7.41. The fourth-order valence-electron chi connectivity index (χ4n) is 4.47. The van der Waals surface area contributed by atoms with Gasteiger partial charge in [-0.25, -0.2) is 22.8 Å². The van der Waals surface area contributed by atoms with E-state index in [1.807, 2.05) is 18.7 Å². The van der Waals surface area contributed by atoms with E-state index in [-0.39, 0.29) is 17.9 Å². The molecule has 28 heavy (non-hydrogen) atoms. The molecule has 3 aliphatic rings. The fourth-order valence-corrected chi connectivity index (χ4v) is 6.66. The van der Waals surface area contributed by atoms with Crippen LogP contribution in [-0.4, -0.2) is 57.6 Å². The number of halogens is 1. The Kier molecular flexibility index (Phi) is 4.65. The zero-order valence-electron chi connectivity index (χ0n) is 16.6. The van der Waals surface area contributed by atoms with Crippen molar-refractivity contribution in [3.8, 4) is 0 Å². The Morgan fingerprint density at radius 2 is 1.86 bits per heavy atom. The molecule has 8 nitrogen and oxygen atoms in total. The molecule has 10 heteroatoms. The number of nitrogens with zero attached hydrogens (tertiary/aromatic N) is 6. The first kappa shape index (κ1) is 19.3. The van der Waals surface area contributed by atoms with Crippen LogP contribution < -0.4 is 4.90 Å². The summed E-state index contributed by atoms with van der Waals surface area (Å²) in [5, 5.41) is 4.36. The van der Waals surface area contributed by atoms with Crippen LogP contribution in [0.4, 0.5) is 10.2 Å². The summed E-state index contributed by atoms with van der Waals surface area (Å²) >= 11 is 0. The largest absolute Gasteiger partial charge is 0.351 e. The van der Waals surface area contributed by atoms with Crippen LogP contribution in [0.15, 0.2) is 11.2 Å². The van der Waals surface area contributed by atoms with E-state index in [0.717, 1.165) is 6.42 Å². The predicted octanol–water partition coefficient (Wildman–Crippen LogP) is 1.66. The zero-order valence-corrected chi connectivity index (χ0v) is 17.4. The molecule has 5 heterocycles. The van der Waals surface area contributed by atoms with Crippen molar-refractivity contribution in [1.82, 2.24) is 24.1 Å². The molecule has 0 saturated carbocycles. The molecule has 0 radical (unpaired) electrons. The van der Waals surface area contributed by atoms with Crippen LogP contribution in [0, 0.1) is 19.7 Å². The SMILES string of the molecule is CCc1ncnc(N2CC3CC(C2)N3S(=O)(=O)c2c(C)nn(CC)c2C)c1F. The molecule has 2 unspecified atom stereocenters. The first-order valence-electron chi connectivity index (χ1n) is 9.61. The second kappa shape index (κ2) is 6.77. The molecule has 3 aliphatic heterocycles. The molecule has 3 saturated heterocycles. The number of hydrogen-bond donors (Lipinski definition) is 0. The molecule has 2 aromatic heterocycles. The lowest BCUT2D eigenvalue weighted by atomic mass is 9.91. The van der Waals surface area contributed by atoms with Crippen molar-refractivity contribution in [2.45, 2.75) is 64.1 Å². The number of hydrogen-bond acceptors (Lipinski definition) is 6. The average molecular weight is 409 g/mol. The van der Waals surface area contributed by atoms with E-state index in [1.54, 1.807) is 22.8 Å². The Morgan fingerprint density at radius 1 is 1.18 bits per heavy atom. The molecule has 0 amide bonds. The first-order valence-corrected chi connectivity index (χ1v) is 11.0. The lowest BCUT2D eigenvalue weighted by molar-refractivity contribution is 0.0869. The summed E-state index contributed by atoms with van der Waals surface area (Å²) in [5.74, 6) is -0.138. The lowest BCUT2D eigenvalue weighted by Crippen LogP contribution is -2.70.